The maximum absolute atomic E-state index is 13.4. The number of hydrogen-bond acceptors (Lipinski definition) is 2. The van der Waals surface area contributed by atoms with Crippen LogP contribution in [-0.4, -0.2) is 19.3 Å². The number of nitrogens with zero attached hydrogens (tertiary/aromatic N) is 1. The van der Waals surface area contributed by atoms with Crippen LogP contribution in [0.25, 0.3) is 0 Å². The molecule has 1 heterocycles. The highest BCUT2D eigenvalue weighted by Crippen LogP contribution is 2.51. The molecule has 130 valence electrons. The van der Waals surface area contributed by atoms with E-state index in [-0.39, 0.29) is 6.04 Å². The Morgan fingerprint density at radius 2 is 1.68 bits per heavy atom. The summed E-state index contributed by atoms with van der Waals surface area (Å²) < 4.78 is 28.5. The summed E-state index contributed by atoms with van der Waals surface area (Å²) in [6.45, 7) is 6.82. The molecule has 2 aromatic rings. The molecular formula is C21H23NO2S. The zero-order valence-electron chi connectivity index (χ0n) is 14.4. The van der Waals surface area contributed by atoms with E-state index in [2.05, 4.69) is 6.58 Å². The van der Waals surface area contributed by atoms with E-state index in [1.807, 2.05) is 49.4 Å². The molecule has 25 heavy (non-hydrogen) atoms. The molecule has 1 saturated carbocycles. The Balaban J connectivity index is 1.80. The maximum Gasteiger partial charge on any atom is 0.243 e. The van der Waals surface area contributed by atoms with Gasteiger partial charge in [0.2, 0.25) is 10.0 Å². The fourth-order valence-electron chi connectivity index (χ4n) is 3.89. The molecule has 4 heteroatoms. The summed E-state index contributed by atoms with van der Waals surface area (Å²) in [5, 5.41) is 0. The zero-order valence-corrected chi connectivity index (χ0v) is 15.2. The molecule has 3 atom stereocenters. The van der Waals surface area contributed by atoms with E-state index in [0.29, 0.717) is 23.3 Å². The summed E-state index contributed by atoms with van der Waals surface area (Å²) in [4.78, 5) is 0.367. The average Bonchev–Trinajstić information content (AvgIpc) is 3.34. The molecule has 0 amide bonds. The number of aryl methyl sites for hydroxylation is 1. The van der Waals surface area contributed by atoms with Crippen LogP contribution in [0.1, 0.15) is 30.0 Å². The van der Waals surface area contributed by atoms with E-state index in [1.54, 1.807) is 16.4 Å². The molecule has 2 aromatic carbocycles. The van der Waals surface area contributed by atoms with Crippen LogP contribution >= 0.6 is 0 Å². The zero-order chi connectivity index (χ0) is 17.6. The van der Waals surface area contributed by atoms with Gasteiger partial charge >= 0.3 is 0 Å². The molecule has 3 nitrogen and oxygen atoms in total. The van der Waals surface area contributed by atoms with Crippen LogP contribution < -0.4 is 0 Å². The lowest BCUT2D eigenvalue weighted by Gasteiger charge is -2.31. The van der Waals surface area contributed by atoms with Gasteiger partial charge in [-0.2, -0.15) is 4.31 Å². The van der Waals surface area contributed by atoms with Crippen molar-refractivity contribution < 1.29 is 8.42 Å². The third-order valence-electron chi connectivity index (χ3n) is 5.43. The Morgan fingerprint density at radius 1 is 1.00 bits per heavy atom. The monoisotopic (exact) mass is 353 g/mol. The number of fused-ring (bicyclic) bond motifs is 1. The van der Waals surface area contributed by atoms with Crippen LogP contribution in [0.2, 0.25) is 0 Å². The smallest absolute Gasteiger partial charge is 0.207 e. The van der Waals surface area contributed by atoms with Gasteiger partial charge in [0, 0.05) is 6.54 Å². The maximum atomic E-state index is 13.4. The van der Waals surface area contributed by atoms with Gasteiger partial charge in [0.25, 0.3) is 0 Å². The van der Waals surface area contributed by atoms with Crippen LogP contribution in [0.15, 0.2) is 71.6 Å². The molecule has 2 aliphatic rings. The molecule has 0 radical (unpaired) electrons. The number of sulfonamides is 1. The lowest BCUT2D eigenvalue weighted by Crippen LogP contribution is -2.36. The second-order valence-electron chi connectivity index (χ2n) is 7.32. The van der Waals surface area contributed by atoms with Crippen molar-refractivity contribution >= 4 is 10.0 Å². The first-order chi connectivity index (χ1) is 12.0. The SMILES string of the molecule is C=C1C[C@@H]2C[C@@H]2CN(S(=O)(=O)c2ccc(C)cc2)[C@@H]1c1ccccc1. The molecule has 0 N–H and O–H groups in total. The molecule has 0 unspecified atom stereocenters. The highest BCUT2D eigenvalue weighted by Gasteiger charge is 2.47. The second-order valence-corrected chi connectivity index (χ2v) is 9.21. The van der Waals surface area contributed by atoms with Gasteiger partial charge in [0.05, 0.1) is 10.9 Å². The van der Waals surface area contributed by atoms with Crippen molar-refractivity contribution in [1.29, 1.82) is 0 Å². The molecule has 2 fully saturated rings. The van der Waals surface area contributed by atoms with Crippen LogP contribution in [0.3, 0.4) is 0 Å². The summed E-state index contributed by atoms with van der Waals surface area (Å²) in [6.07, 6.45) is 2.03. The third-order valence-corrected chi connectivity index (χ3v) is 7.27. The summed E-state index contributed by atoms with van der Waals surface area (Å²) >= 11 is 0. The van der Waals surface area contributed by atoms with Crippen LogP contribution in [0, 0.1) is 18.8 Å². The molecule has 1 aliphatic carbocycles. The van der Waals surface area contributed by atoms with E-state index in [4.69, 9.17) is 0 Å². The van der Waals surface area contributed by atoms with Gasteiger partial charge < -0.3 is 0 Å². The molecular weight excluding hydrogens is 330 g/mol. The van der Waals surface area contributed by atoms with E-state index >= 15 is 0 Å². The fraction of sp³-hybridized carbons (Fsp3) is 0.333. The second kappa shape index (κ2) is 6.11. The Kier molecular flexibility index (Phi) is 4.05. The molecule has 4 rings (SSSR count). The summed E-state index contributed by atoms with van der Waals surface area (Å²) in [5.41, 5.74) is 3.07. The first-order valence-corrected chi connectivity index (χ1v) is 10.2. The highest BCUT2D eigenvalue weighted by atomic mass is 32.2. The lowest BCUT2D eigenvalue weighted by atomic mass is 9.97. The lowest BCUT2D eigenvalue weighted by molar-refractivity contribution is 0.351. The van der Waals surface area contributed by atoms with E-state index in [9.17, 15) is 8.42 Å². The Bertz CT molecular complexity index is 887. The largest absolute Gasteiger partial charge is 0.243 e. The molecule has 0 spiro atoms. The van der Waals surface area contributed by atoms with Crippen molar-refractivity contribution in [2.24, 2.45) is 11.8 Å². The van der Waals surface area contributed by atoms with Crippen LogP contribution in [0.5, 0.6) is 0 Å². The van der Waals surface area contributed by atoms with Gasteiger partial charge in [0.15, 0.2) is 0 Å². The normalized spacial score (nSPS) is 26.8. The van der Waals surface area contributed by atoms with E-state index < -0.39 is 10.0 Å². The minimum absolute atomic E-state index is 0.277. The van der Waals surface area contributed by atoms with Gasteiger partial charge in [-0.3, -0.25) is 0 Å². The fourth-order valence-corrected chi connectivity index (χ4v) is 5.58. The van der Waals surface area contributed by atoms with Crippen molar-refractivity contribution in [3.8, 4) is 0 Å². The number of rotatable bonds is 3. The third kappa shape index (κ3) is 3.05. The van der Waals surface area contributed by atoms with E-state index in [1.165, 1.54) is 0 Å². The minimum Gasteiger partial charge on any atom is -0.207 e. The van der Waals surface area contributed by atoms with Gasteiger partial charge in [-0.05, 0) is 49.3 Å². The van der Waals surface area contributed by atoms with Gasteiger partial charge in [-0.1, -0.05) is 60.2 Å². The quantitative estimate of drug-likeness (QED) is 0.771. The number of benzene rings is 2. The summed E-state index contributed by atoms with van der Waals surface area (Å²) in [7, 11) is -3.57. The van der Waals surface area contributed by atoms with E-state index in [0.717, 1.165) is 29.5 Å². The van der Waals surface area contributed by atoms with Crippen molar-refractivity contribution in [3.05, 3.63) is 77.9 Å². The standard InChI is InChI=1S/C21H23NO2S/c1-15-8-10-20(11-9-15)25(23,24)22-14-19-13-18(19)12-16(2)21(22)17-6-4-3-5-7-17/h3-11,18-19,21H,2,12-14H2,1H3/t18-,19-,21+/m1/s1. The Morgan fingerprint density at radius 3 is 2.36 bits per heavy atom. The van der Waals surface area contributed by atoms with Crippen molar-refractivity contribution in [3.63, 3.8) is 0 Å². The molecule has 1 aliphatic heterocycles. The average molecular weight is 353 g/mol. The topological polar surface area (TPSA) is 37.4 Å². The van der Waals surface area contributed by atoms with Crippen molar-refractivity contribution in [2.75, 3.05) is 6.54 Å². The molecule has 0 aromatic heterocycles. The number of hydrogen-bond donors (Lipinski definition) is 0. The Labute approximate surface area is 150 Å². The molecule has 1 saturated heterocycles. The summed E-state index contributed by atoms with van der Waals surface area (Å²) in [5.74, 6) is 1.06. The summed E-state index contributed by atoms with van der Waals surface area (Å²) in [6, 6.07) is 16.8. The minimum atomic E-state index is -3.57. The van der Waals surface area contributed by atoms with Gasteiger partial charge in [-0.15, -0.1) is 0 Å². The first-order valence-electron chi connectivity index (χ1n) is 8.78. The van der Waals surface area contributed by atoms with Gasteiger partial charge in [-0.25, -0.2) is 8.42 Å². The van der Waals surface area contributed by atoms with Crippen LogP contribution in [-0.2, 0) is 10.0 Å². The Hall–Kier alpha value is -1.91. The molecule has 0 bridgehead atoms. The van der Waals surface area contributed by atoms with Crippen molar-refractivity contribution in [2.45, 2.75) is 30.7 Å². The van der Waals surface area contributed by atoms with Gasteiger partial charge in [0.1, 0.15) is 0 Å². The predicted molar refractivity (Wildman–Crippen MR) is 99.6 cm³/mol. The van der Waals surface area contributed by atoms with Crippen molar-refractivity contribution in [1.82, 2.24) is 4.31 Å². The predicted octanol–water partition coefficient (Wildman–Crippen LogP) is 4.32. The first kappa shape index (κ1) is 16.6. The highest BCUT2D eigenvalue weighted by molar-refractivity contribution is 7.89. The van der Waals surface area contributed by atoms with Crippen LogP contribution in [0.4, 0.5) is 0 Å².